The number of benzene rings is 1. The molecule has 4 heteroatoms. The number of carbonyl (C=O) groups excluding carboxylic acids is 1. The number of nitrogens with one attached hydrogen (secondary N) is 1. The molecule has 0 radical (unpaired) electrons. The normalized spacial score (nSPS) is 17.9. The Labute approximate surface area is 147 Å². The second-order valence-corrected chi connectivity index (χ2v) is 6.61. The van der Waals surface area contributed by atoms with Crippen molar-refractivity contribution in [3.8, 4) is 0 Å². The van der Waals surface area contributed by atoms with Crippen molar-refractivity contribution in [2.45, 2.75) is 52.5 Å². The lowest BCUT2D eigenvalue weighted by Gasteiger charge is -2.24. The van der Waals surface area contributed by atoms with E-state index in [0.29, 0.717) is 6.04 Å². The number of likely N-dealkylation sites (N-methyl/N-ethyl adjacent to an activating group) is 1. The lowest BCUT2D eigenvalue weighted by molar-refractivity contribution is 0.0941. The smallest absolute Gasteiger partial charge is 0.251 e. The van der Waals surface area contributed by atoms with Gasteiger partial charge in [0, 0.05) is 36.9 Å². The molecule has 1 saturated heterocycles. The van der Waals surface area contributed by atoms with Crippen LogP contribution in [0.3, 0.4) is 0 Å². The molecule has 0 saturated carbocycles. The van der Waals surface area contributed by atoms with Crippen LogP contribution in [0.5, 0.6) is 0 Å². The van der Waals surface area contributed by atoms with E-state index < -0.39 is 0 Å². The van der Waals surface area contributed by atoms with Crippen LogP contribution in [0.4, 0.5) is 5.69 Å². The van der Waals surface area contributed by atoms with Gasteiger partial charge in [0.1, 0.15) is 0 Å². The maximum absolute atomic E-state index is 12.4. The molecular formula is C20H33N3O. The van der Waals surface area contributed by atoms with Crippen LogP contribution in [0, 0.1) is 0 Å². The van der Waals surface area contributed by atoms with Crippen molar-refractivity contribution in [2.75, 3.05) is 37.6 Å². The van der Waals surface area contributed by atoms with Gasteiger partial charge in [0.25, 0.3) is 5.91 Å². The Balaban J connectivity index is 1.88. The average Bonchev–Trinajstić information content (AvgIpc) is 3.08. The van der Waals surface area contributed by atoms with Gasteiger partial charge in [0.2, 0.25) is 0 Å². The molecule has 1 heterocycles. The molecule has 0 spiro atoms. The summed E-state index contributed by atoms with van der Waals surface area (Å²) in [6.07, 6.45) is 4.84. The minimum absolute atomic E-state index is 0.0427. The van der Waals surface area contributed by atoms with Crippen molar-refractivity contribution in [3.05, 3.63) is 29.8 Å². The zero-order chi connectivity index (χ0) is 17.4. The van der Waals surface area contributed by atoms with Gasteiger partial charge >= 0.3 is 0 Å². The number of rotatable bonds is 9. The van der Waals surface area contributed by atoms with Gasteiger partial charge < -0.3 is 10.2 Å². The summed E-state index contributed by atoms with van der Waals surface area (Å²) < 4.78 is 0. The minimum atomic E-state index is 0.0427. The van der Waals surface area contributed by atoms with E-state index in [0.717, 1.165) is 38.3 Å². The standard InChI is InChI=1S/C20H33N3O/c1-4-7-14-22(5-2)18-12-10-17(11-13-18)20(24)21-16-19-9-8-15-23(19)6-3/h10-13,19H,4-9,14-16H2,1-3H3,(H,21,24). The quantitative estimate of drug-likeness (QED) is 0.752. The van der Waals surface area contributed by atoms with Crippen LogP contribution in [0.15, 0.2) is 24.3 Å². The number of carbonyl (C=O) groups is 1. The van der Waals surface area contributed by atoms with E-state index in [-0.39, 0.29) is 5.91 Å². The molecule has 24 heavy (non-hydrogen) atoms. The first kappa shape index (κ1) is 18.8. The molecule has 2 rings (SSSR count). The molecule has 4 nitrogen and oxygen atoms in total. The van der Waals surface area contributed by atoms with Gasteiger partial charge in [-0.1, -0.05) is 20.3 Å². The van der Waals surface area contributed by atoms with Gasteiger partial charge in [-0.3, -0.25) is 9.69 Å². The van der Waals surface area contributed by atoms with Gasteiger partial charge in [0.05, 0.1) is 0 Å². The Kier molecular flexibility index (Phi) is 7.57. The summed E-state index contributed by atoms with van der Waals surface area (Å²) in [5, 5.41) is 3.11. The van der Waals surface area contributed by atoms with Crippen LogP contribution in [-0.2, 0) is 0 Å². The number of hydrogen-bond acceptors (Lipinski definition) is 3. The van der Waals surface area contributed by atoms with E-state index >= 15 is 0 Å². The zero-order valence-electron chi connectivity index (χ0n) is 15.6. The van der Waals surface area contributed by atoms with Crippen LogP contribution in [0.1, 0.15) is 56.8 Å². The van der Waals surface area contributed by atoms with Crippen LogP contribution < -0.4 is 10.2 Å². The van der Waals surface area contributed by atoms with Gasteiger partial charge in [-0.2, -0.15) is 0 Å². The maximum atomic E-state index is 12.4. The Bertz CT molecular complexity index is 500. The van der Waals surface area contributed by atoms with Crippen molar-refractivity contribution in [1.82, 2.24) is 10.2 Å². The summed E-state index contributed by atoms with van der Waals surface area (Å²) in [7, 11) is 0. The number of likely N-dealkylation sites (tertiary alicyclic amines) is 1. The monoisotopic (exact) mass is 331 g/mol. The average molecular weight is 332 g/mol. The summed E-state index contributed by atoms with van der Waals surface area (Å²) in [5.74, 6) is 0.0427. The van der Waals surface area contributed by atoms with E-state index in [1.165, 1.54) is 31.4 Å². The second-order valence-electron chi connectivity index (χ2n) is 6.61. The highest BCUT2D eigenvalue weighted by molar-refractivity contribution is 5.94. The van der Waals surface area contributed by atoms with Gasteiger partial charge in [0.15, 0.2) is 0 Å². The van der Waals surface area contributed by atoms with E-state index in [1.54, 1.807) is 0 Å². The molecule has 0 aromatic heterocycles. The fraction of sp³-hybridized carbons (Fsp3) is 0.650. The molecule has 1 fully saturated rings. The number of anilines is 1. The molecule has 1 aliphatic rings. The molecule has 1 N–H and O–H groups in total. The Morgan fingerprint density at radius 2 is 2.00 bits per heavy atom. The summed E-state index contributed by atoms with van der Waals surface area (Å²) in [6.45, 7) is 11.6. The van der Waals surface area contributed by atoms with Crippen LogP contribution in [0.25, 0.3) is 0 Å². The van der Waals surface area contributed by atoms with Gasteiger partial charge in [-0.05, 0) is 63.5 Å². The number of hydrogen-bond donors (Lipinski definition) is 1. The third-order valence-corrected chi connectivity index (χ3v) is 5.06. The summed E-state index contributed by atoms with van der Waals surface area (Å²) in [6, 6.07) is 8.55. The zero-order valence-corrected chi connectivity index (χ0v) is 15.6. The van der Waals surface area contributed by atoms with E-state index in [2.05, 4.69) is 48.0 Å². The van der Waals surface area contributed by atoms with Gasteiger partial charge in [-0.25, -0.2) is 0 Å². The minimum Gasteiger partial charge on any atom is -0.372 e. The third kappa shape index (κ3) is 4.97. The molecule has 1 amide bonds. The summed E-state index contributed by atoms with van der Waals surface area (Å²) in [5.41, 5.74) is 1.96. The molecule has 0 aliphatic carbocycles. The summed E-state index contributed by atoms with van der Waals surface area (Å²) >= 11 is 0. The van der Waals surface area contributed by atoms with Crippen molar-refractivity contribution in [2.24, 2.45) is 0 Å². The first-order chi connectivity index (χ1) is 11.7. The molecule has 1 aromatic rings. The predicted molar refractivity (Wildman–Crippen MR) is 102 cm³/mol. The van der Waals surface area contributed by atoms with E-state index in [1.807, 2.05) is 12.1 Å². The SMILES string of the molecule is CCCCN(CC)c1ccc(C(=O)NCC2CCCN2CC)cc1. The third-order valence-electron chi connectivity index (χ3n) is 5.06. The molecule has 1 unspecified atom stereocenters. The predicted octanol–water partition coefficient (Wildman–Crippen LogP) is 3.53. The van der Waals surface area contributed by atoms with E-state index in [4.69, 9.17) is 0 Å². The highest BCUT2D eigenvalue weighted by Gasteiger charge is 2.23. The van der Waals surface area contributed by atoms with Crippen molar-refractivity contribution < 1.29 is 4.79 Å². The highest BCUT2D eigenvalue weighted by atomic mass is 16.1. The molecule has 1 atom stereocenters. The maximum Gasteiger partial charge on any atom is 0.251 e. The van der Waals surface area contributed by atoms with Crippen LogP contribution in [-0.4, -0.2) is 49.6 Å². The molecule has 1 aliphatic heterocycles. The van der Waals surface area contributed by atoms with Gasteiger partial charge in [-0.15, -0.1) is 0 Å². The first-order valence-electron chi connectivity index (χ1n) is 9.56. The number of unbranched alkanes of at least 4 members (excludes halogenated alkanes) is 1. The second kappa shape index (κ2) is 9.67. The Hall–Kier alpha value is -1.55. The molecule has 134 valence electrons. The Morgan fingerprint density at radius 1 is 1.25 bits per heavy atom. The molecule has 0 bridgehead atoms. The summed E-state index contributed by atoms with van der Waals surface area (Å²) in [4.78, 5) is 17.2. The lowest BCUT2D eigenvalue weighted by atomic mass is 10.1. The lowest BCUT2D eigenvalue weighted by Crippen LogP contribution is -2.40. The van der Waals surface area contributed by atoms with Crippen molar-refractivity contribution >= 4 is 11.6 Å². The largest absolute Gasteiger partial charge is 0.372 e. The fourth-order valence-electron chi connectivity index (χ4n) is 3.50. The molecule has 1 aromatic carbocycles. The van der Waals surface area contributed by atoms with E-state index in [9.17, 15) is 4.79 Å². The van der Waals surface area contributed by atoms with Crippen molar-refractivity contribution in [1.29, 1.82) is 0 Å². The number of nitrogens with zero attached hydrogens (tertiary/aromatic N) is 2. The number of amides is 1. The Morgan fingerprint density at radius 3 is 2.62 bits per heavy atom. The molecular weight excluding hydrogens is 298 g/mol. The van der Waals surface area contributed by atoms with Crippen LogP contribution >= 0.6 is 0 Å². The topological polar surface area (TPSA) is 35.6 Å². The van der Waals surface area contributed by atoms with Crippen molar-refractivity contribution in [3.63, 3.8) is 0 Å². The first-order valence-corrected chi connectivity index (χ1v) is 9.56. The van der Waals surface area contributed by atoms with Crippen LogP contribution in [0.2, 0.25) is 0 Å². The highest BCUT2D eigenvalue weighted by Crippen LogP contribution is 2.17. The fourth-order valence-corrected chi connectivity index (χ4v) is 3.50.